The number of carbonyl (C=O) groups is 2. The summed E-state index contributed by atoms with van der Waals surface area (Å²) in [7, 11) is 2.95. The van der Waals surface area contributed by atoms with Crippen molar-refractivity contribution in [1.29, 1.82) is 0 Å². The fourth-order valence-electron chi connectivity index (χ4n) is 2.30. The quantitative estimate of drug-likeness (QED) is 0.635. The molecule has 6 nitrogen and oxygen atoms in total. The van der Waals surface area contributed by atoms with Crippen LogP contribution in [0.15, 0.2) is 0 Å². The smallest absolute Gasteiger partial charge is 0.223 e. The third kappa shape index (κ3) is 3.96. The fourth-order valence-corrected chi connectivity index (χ4v) is 2.30. The van der Waals surface area contributed by atoms with Crippen molar-refractivity contribution in [3.63, 3.8) is 0 Å². The zero-order valence-electron chi connectivity index (χ0n) is 10.8. The summed E-state index contributed by atoms with van der Waals surface area (Å²) in [6.45, 7) is 0.210. The number of aliphatic carboxylic acids is 1. The molecule has 0 aromatic carbocycles. The molecule has 0 bridgehead atoms. The summed E-state index contributed by atoms with van der Waals surface area (Å²) in [6, 6.07) is 0. The van der Waals surface area contributed by atoms with E-state index in [0.717, 1.165) is 12.8 Å². The largest absolute Gasteiger partial charge is 0.550 e. The molecule has 18 heavy (non-hydrogen) atoms. The third-order valence-electron chi connectivity index (χ3n) is 3.37. The second kappa shape index (κ2) is 7.33. The molecule has 1 amide bonds. The molecule has 1 aliphatic rings. The Kier molecular flexibility index (Phi) is 6.07. The molecule has 1 N–H and O–H groups in total. The van der Waals surface area contributed by atoms with Crippen LogP contribution in [0.2, 0.25) is 0 Å². The van der Waals surface area contributed by atoms with Gasteiger partial charge in [-0.05, 0) is 12.8 Å². The number of carbonyl (C=O) groups excluding carboxylic acids is 2. The van der Waals surface area contributed by atoms with Gasteiger partial charge in [-0.15, -0.1) is 0 Å². The van der Waals surface area contributed by atoms with Gasteiger partial charge in [0, 0.05) is 32.0 Å². The molecule has 0 heterocycles. The first-order valence-electron chi connectivity index (χ1n) is 6.14. The van der Waals surface area contributed by atoms with Crippen LogP contribution in [0.4, 0.5) is 0 Å². The number of ether oxygens (including phenoxy) is 2. The zero-order chi connectivity index (χ0) is 13.5. The number of hydrogen-bond acceptors (Lipinski definition) is 5. The average Bonchev–Trinajstić information content (AvgIpc) is 2.39. The van der Waals surface area contributed by atoms with E-state index in [2.05, 4.69) is 5.32 Å². The van der Waals surface area contributed by atoms with E-state index in [4.69, 9.17) is 9.47 Å². The van der Waals surface area contributed by atoms with Gasteiger partial charge in [0.25, 0.3) is 0 Å². The van der Waals surface area contributed by atoms with Gasteiger partial charge in [0.05, 0.1) is 6.54 Å². The van der Waals surface area contributed by atoms with E-state index in [1.807, 2.05) is 0 Å². The molecular formula is C12H20NO5-. The minimum absolute atomic E-state index is 0.210. The van der Waals surface area contributed by atoms with Gasteiger partial charge in [-0.2, -0.15) is 0 Å². The Morgan fingerprint density at radius 2 is 1.78 bits per heavy atom. The number of carboxylic acids is 1. The summed E-state index contributed by atoms with van der Waals surface area (Å²) >= 11 is 0. The normalized spacial score (nSPS) is 23.9. The highest BCUT2D eigenvalue weighted by Gasteiger charge is 2.31. The van der Waals surface area contributed by atoms with Crippen molar-refractivity contribution in [1.82, 2.24) is 5.32 Å². The lowest BCUT2D eigenvalue weighted by Gasteiger charge is -2.31. The molecule has 1 rings (SSSR count). The summed E-state index contributed by atoms with van der Waals surface area (Å²) in [5.74, 6) is -2.58. The van der Waals surface area contributed by atoms with Gasteiger partial charge in [-0.1, -0.05) is 12.8 Å². The van der Waals surface area contributed by atoms with Crippen molar-refractivity contribution in [2.75, 3.05) is 20.8 Å². The van der Waals surface area contributed by atoms with Gasteiger partial charge < -0.3 is 24.7 Å². The number of carboxylic acid groups (broad SMARTS) is 1. The van der Waals surface area contributed by atoms with Crippen LogP contribution in [0.3, 0.4) is 0 Å². The number of methoxy groups -OCH3 is 2. The molecule has 6 heteroatoms. The predicted molar refractivity (Wildman–Crippen MR) is 61.3 cm³/mol. The number of amides is 1. The Morgan fingerprint density at radius 1 is 1.22 bits per heavy atom. The van der Waals surface area contributed by atoms with Crippen LogP contribution in [-0.4, -0.2) is 38.9 Å². The molecule has 0 unspecified atom stereocenters. The van der Waals surface area contributed by atoms with Crippen LogP contribution in [0.5, 0.6) is 0 Å². The summed E-state index contributed by atoms with van der Waals surface area (Å²) in [5, 5.41) is 13.6. The van der Waals surface area contributed by atoms with Crippen molar-refractivity contribution < 1.29 is 24.2 Å². The summed E-state index contributed by atoms with van der Waals surface area (Å²) in [5.41, 5.74) is 0. The van der Waals surface area contributed by atoms with Gasteiger partial charge >= 0.3 is 0 Å². The van der Waals surface area contributed by atoms with E-state index in [0.29, 0.717) is 12.8 Å². The fraction of sp³-hybridized carbons (Fsp3) is 0.833. The summed E-state index contributed by atoms with van der Waals surface area (Å²) in [4.78, 5) is 22.9. The Labute approximate surface area is 107 Å². The van der Waals surface area contributed by atoms with Gasteiger partial charge in [0.15, 0.2) is 6.29 Å². The second-order valence-corrected chi connectivity index (χ2v) is 4.46. The van der Waals surface area contributed by atoms with Gasteiger partial charge in [0.1, 0.15) is 0 Å². The van der Waals surface area contributed by atoms with Crippen LogP contribution in [0, 0.1) is 11.8 Å². The van der Waals surface area contributed by atoms with E-state index in [1.54, 1.807) is 0 Å². The lowest BCUT2D eigenvalue weighted by Crippen LogP contribution is -2.46. The number of nitrogens with one attached hydrogen (secondary N) is 1. The molecule has 2 atom stereocenters. The Balaban J connectivity index is 2.50. The van der Waals surface area contributed by atoms with Crippen LogP contribution < -0.4 is 10.4 Å². The minimum Gasteiger partial charge on any atom is -0.550 e. The Bertz CT molecular complexity index is 290. The maximum atomic E-state index is 11.9. The van der Waals surface area contributed by atoms with Crippen LogP contribution in [0.25, 0.3) is 0 Å². The van der Waals surface area contributed by atoms with Crippen LogP contribution in [0.1, 0.15) is 25.7 Å². The molecule has 1 aliphatic carbocycles. The highest BCUT2D eigenvalue weighted by atomic mass is 16.7. The monoisotopic (exact) mass is 258 g/mol. The summed E-state index contributed by atoms with van der Waals surface area (Å²) in [6.07, 6.45) is 2.30. The molecule has 0 aromatic heterocycles. The van der Waals surface area contributed by atoms with Crippen molar-refractivity contribution in [3.05, 3.63) is 0 Å². The van der Waals surface area contributed by atoms with E-state index in [9.17, 15) is 14.7 Å². The molecule has 1 fully saturated rings. The highest BCUT2D eigenvalue weighted by molar-refractivity contribution is 5.84. The number of rotatable bonds is 6. The molecule has 104 valence electrons. The molecule has 1 saturated carbocycles. The lowest BCUT2D eigenvalue weighted by molar-refractivity contribution is -0.314. The number of hydrogen-bond donors (Lipinski definition) is 1. The molecule has 0 radical (unpaired) electrons. The zero-order valence-corrected chi connectivity index (χ0v) is 10.8. The van der Waals surface area contributed by atoms with E-state index < -0.39 is 24.1 Å². The van der Waals surface area contributed by atoms with Gasteiger partial charge in [-0.25, -0.2) is 0 Å². The summed E-state index contributed by atoms with van der Waals surface area (Å²) < 4.78 is 9.89. The van der Waals surface area contributed by atoms with E-state index in [1.165, 1.54) is 14.2 Å². The Hall–Kier alpha value is -1.14. The maximum Gasteiger partial charge on any atom is 0.223 e. The van der Waals surface area contributed by atoms with Crippen LogP contribution >= 0.6 is 0 Å². The topological polar surface area (TPSA) is 87.7 Å². The lowest BCUT2D eigenvalue weighted by atomic mass is 9.79. The van der Waals surface area contributed by atoms with E-state index in [-0.39, 0.29) is 12.5 Å². The first-order chi connectivity index (χ1) is 8.60. The van der Waals surface area contributed by atoms with Crippen molar-refractivity contribution in [2.24, 2.45) is 11.8 Å². The molecule has 0 aliphatic heterocycles. The molecular weight excluding hydrogens is 238 g/mol. The van der Waals surface area contributed by atoms with E-state index >= 15 is 0 Å². The van der Waals surface area contributed by atoms with Crippen molar-refractivity contribution in [3.8, 4) is 0 Å². The standard InChI is InChI=1S/C12H21NO5/c1-17-10(18-2)7-13-11(14)8-5-3-4-6-9(8)12(15)16/h8-10H,3-7H2,1-2H3,(H,13,14)(H,15,16)/p-1/t8-,9+/m1/s1. The SMILES string of the molecule is COC(CNC(=O)[C@@H]1CCCC[C@@H]1C(=O)[O-])OC. The van der Waals surface area contributed by atoms with Crippen molar-refractivity contribution >= 4 is 11.9 Å². The van der Waals surface area contributed by atoms with Crippen LogP contribution in [-0.2, 0) is 19.1 Å². The first kappa shape index (κ1) is 14.9. The highest BCUT2D eigenvalue weighted by Crippen LogP contribution is 2.29. The average molecular weight is 258 g/mol. The predicted octanol–water partition coefficient (Wildman–Crippen LogP) is -0.722. The minimum atomic E-state index is -1.13. The molecule has 0 aromatic rings. The first-order valence-corrected chi connectivity index (χ1v) is 6.14. The Morgan fingerprint density at radius 3 is 2.28 bits per heavy atom. The van der Waals surface area contributed by atoms with Crippen molar-refractivity contribution in [2.45, 2.75) is 32.0 Å². The maximum absolute atomic E-state index is 11.9. The third-order valence-corrected chi connectivity index (χ3v) is 3.37. The second-order valence-electron chi connectivity index (χ2n) is 4.46. The van der Waals surface area contributed by atoms with Gasteiger partial charge in [0.2, 0.25) is 5.91 Å². The van der Waals surface area contributed by atoms with Gasteiger partial charge in [-0.3, -0.25) is 4.79 Å². The molecule has 0 spiro atoms. The molecule has 0 saturated heterocycles.